The monoisotopic (exact) mass is 332 g/mol. The lowest BCUT2D eigenvalue weighted by Gasteiger charge is -2.15. The van der Waals surface area contributed by atoms with E-state index >= 15 is 0 Å². The summed E-state index contributed by atoms with van der Waals surface area (Å²) in [6, 6.07) is 18.6. The third-order valence-corrected chi connectivity index (χ3v) is 4.15. The molecule has 0 atom stereocenters. The van der Waals surface area contributed by atoms with Crippen molar-refractivity contribution in [2.45, 2.75) is 33.7 Å². The van der Waals surface area contributed by atoms with E-state index in [-0.39, 0.29) is 0 Å². The van der Waals surface area contributed by atoms with Gasteiger partial charge in [0.25, 0.3) is 0 Å². The van der Waals surface area contributed by atoms with E-state index in [9.17, 15) is 0 Å². The van der Waals surface area contributed by atoms with E-state index in [1.54, 1.807) is 0 Å². The van der Waals surface area contributed by atoms with Crippen LogP contribution in [-0.4, -0.2) is 9.97 Å². The number of hydrogen-bond acceptors (Lipinski definition) is 4. The zero-order valence-electron chi connectivity index (χ0n) is 15.0. The summed E-state index contributed by atoms with van der Waals surface area (Å²) >= 11 is 0. The molecule has 1 aromatic heterocycles. The van der Waals surface area contributed by atoms with Gasteiger partial charge in [0.2, 0.25) is 0 Å². The Bertz CT molecular complexity index is 844. The average Bonchev–Trinajstić information content (AvgIpc) is 2.62. The maximum Gasteiger partial charge on any atom is 0.136 e. The van der Waals surface area contributed by atoms with Gasteiger partial charge in [-0.2, -0.15) is 0 Å². The van der Waals surface area contributed by atoms with Crippen LogP contribution in [0.5, 0.6) is 0 Å². The van der Waals surface area contributed by atoms with Gasteiger partial charge in [-0.3, -0.25) is 0 Å². The number of benzene rings is 2. The molecule has 0 spiro atoms. The molecule has 4 nitrogen and oxygen atoms in total. The second kappa shape index (κ2) is 7.79. The normalized spacial score (nSPS) is 10.5. The SMILES string of the molecule is CCc1cccc(C)c1Nc1cc(NCc2ccccc2)nc(C)n1. The third-order valence-electron chi connectivity index (χ3n) is 4.15. The van der Waals surface area contributed by atoms with Crippen LogP contribution in [0.4, 0.5) is 17.3 Å². The molecule has 3 rings (SSSR count). The molecule has 0 radical (unpaired) electrons. The first-order chi connectivity index (χ1) is 12.2. The zero-order valence-corrected chi connectivity index (χ0v) is 15.0. The Kier molecular flexibility index (Phi) is 5.29. The summed E-state index contributed by atoms with van der Waals surface area (Å²) in [5.41, 5.74) is 4.86. The van der Waals surface area contributed by atoms with Crippen molar-refractivity contribution in [1.82, 2.24) is 9.97 Å². The first-order valence-electron chi connectivity index (χ1n) is 8.64. The van der Waals surface area contributed by atoms with Crippen LogP contribution in [0.25, 0.3) is 0 Å². The fraction of sp³-hybridized carbons (Fsp3) is 0.238. The quantitative estimate of drug-likeness (QED) is 0.666. The Labute approximate surface area is 149 Å². The number of rotatable bonds is 6. The molecule has 2 N–H and O–H groups in total. The molecule has 0 bridgehead atoms. The second-order valence-corrected chi connectivity index (χ2v) is 6.11. The average molecular weight is 332 g/mol. The van der Waals surface area contributed by atoms with Crippen molar-refractivity contribution >= 4 is 17.3 Å². The van der Waals surface area contributed by atoms with Crippen LogP contribution in [0, 0.1) is 13.8 Å². The highest BCUT2D eigenvalue weighted by Crippen LogP contribution is 2.25. The van der Waals surface area contributed by atoms with Gasteiger partial charge in [0.15, 0.2) is 0 Å². The van der Waals surface area contributed by atoms with Gasteiger partial charge in [-0.25, -0.2) is 9.97 Å². The minimum atomic E-state index is 0.737. The smallest absolute Gasteiger partial charge is 0.136 e. The highest BCUT2D eigenvalue weighted by atomic mass is 15.1. The largest absolute Gasteiger partial charge is 0.366 e. The minimum Gasteiger partial charge on any atom is -0.366 e. The van der Waals surface area contributed by atoms with Gasteiger partial charge in [-0.1, -0.05) is 55.5 Å². The van der Waals surface area contributed by atoms with Crippen LogP contribution in [0.2, 0.25) is 0 Å². The number of anilines is 3. The van der Waals surface area contributed by atoms with Gasteiger partial charge < -0.3 is 10.6 Å². The van der Waals surface area contributed by atoms with E-state index < -0.39 is 0 Å². The van der Waals surface area contributed by atoms with Crippen molar-refractivity contribution in [3.63, 3.8) is 0 Å². The Morgan fingerprint density at radius 2 is 1.64 bits per heavy atom. The number of nitrogens with one attached hydrogen (secondary N) is 2. The zero-order chi connectivity index (χ0) is 17.6. The summed E-state index contributed by atoms with van der Waals surface area (Å²) in [4.78, 5) is 9.03. The molecule has 0 unspecified atom stereocenters. The molecule has 0 aliphatic rings. The highest BCUT2D eigenvalue weighted by molar-refractivity contribution is 5.66. The summed E-state index contributed by atoms with van der Waals surface area (Å²) in [5.74, 6) is 2.38. The van der Waals surface area contributed by atoms with Crippen molar-refractivity contribution < 1.29 is 0 Å². The molecule has 0 aliphatic carbocycles. The second-order valence-electron chi connectivity index (χ2n) is 6.11. The minimum absolute atomic E-state index is 0.737. The summed E-state index contributed by atoms with van der Waals surface area (Å²) in [7, 11) is 0. The van der Waals surface area contributed by atoms with E-state index in [0.717, 1.165) is 36.1 Å². The van der Waals surface area contributed by atoms with Crippen molar-refractivity contribution in [3.05, 3.63) is 77.1 Å². The van der Waals surface area contributed by atoms with Gasteiger partial charge >= 0.3 is 0 Å². The van der Waals surface area contributed by atoms with E-state index in [4.69, 9.17) is 0 Å². The van der Waals surface area contributed by atoms with Crippen LogP contribution in [0.1, 0.15) is 29.4 Å². The van der Waals surface area contributed by atoms with Crippen molar-refractivity contribution in [2.24, 2.45) is 0 Å². The van der Waals surface area contributed by atoms with E-state index in [1.807, 2.05) is 31.2 Å². The molecule has 25 heavy (non-hydrogen) atoms. The molecule has 0 saturated heterocycles. The van der Waals surface area contributed by atoms with Crippen LogP contribution >= 0.6 is 0 Å². The lowest BCUT2D eigenvalue weighted by atomic mass is 10.1. The number of para-hydroxylation sites is 1. The first-order valence-corrected chi connectivity index (χ1v) is 8.64. The fourth-order valence-electron chi connectivity index (χ4n) is 2.84. The number of nitrogens with zero attached hydrogens (tertiary/aromatic N) is 2. The predicted molar refractivity (Wildman–Crippen MR) is 104 cm³/mol. The van der Waals surface area contributed by atoms with Gasteiger partial charge in [-0.15, -0.1) is 0 Å². The molecular formula is C21H24N4. The molecule has 1 heterocycles. The standard InChI is InChI=1S/C21H24N4/c1-4-18-12-8-9-15(2)21(18)25-20-13-19(23-16(3)24-20)22-14-17-10-6-5-7-11-17/h5-13H,4,14H2,1-3H3,(H2,22,23,24,25). The van der Waals surface area contributed by atoms with Crippen molar-refractivity contribution in [3.8, 4) is 0 Å². The lowest BCUT2D eigenvalue weighted by Crippen LogP contribution is -2.06. The third kappa shape index (κ3) is 4.35. The molecule has 4 heteroatoms. The maximum absolute atomic E-state index is 4.54. The maximum atomic E-state index is 4.54. The Hall–Kier alpha value is -2.88. The molecule has 2 aromatic carbocycles. The lowest BCUT2D eigenvalue weighted by molar-refractivity contribution is 1.02. The van der Waals surface area contributed by atoms with Crippen molar-refractivity contribution in [1.29, 1.82) is 0 Å². The van der Waals surface area contributed by atoms with Gasteiger partial charge in [0.1, 0.15) is 17.5 Å². The topological polar surface area (TPSA) is 49.8 Å². The molecule has 0 amide bonds. The molecule has 128 valence electrons. The molecular weight excluding hydrogens is 308 g/mol. The fourth-order valence-corrected chi connectivity index (χ4v) is 2.84. The van der Waals surface area contributed by atoms with E-state index in [2.05, 4.69) is 64.8 Å². The highest BCUT2D eigenvalue weighted by Gasteiger charge is 2.07. The van der Waals surface area contributed by atoms with Gasteiger partial charge in [0.05, 0.1) is 0 Å². The van der Waals surface area contributed by atoms with Crippen LogP contribution < -0.4 is 10.6 Å². The van der Waals surface area contributed by atoms with E-state index in [1.165, 1.54) is 16.7 Å². The Morgan fingerprint density at radius 3 is 2.40 bits per heavy atom. The summed E-state index contributed by atoms with van der Waals surface area (Å²) in [6.45, 7) is 6.93. The van der Waals surface area contributed by atoms with Gasteiger partial charge in [-0.05, 0) is 37.0 Å². The number of aryl methyl sites for hydroxylation is 3. The Balaban J connectivity index is 1.80. The first kappa shape index (κ1) is 17.0. The number of aromatic nitrogens is 2. The summed E-state index contributed by atoms with van der Waals surface area (Å²) in [6.07, 6.45) is 0.979. The van der Waals surface area contributed by atoms with E-state index in [0.29, 0.717) is 0 Å². The molecule has 0 aliphatic heterocycles. The molecule has 0 fully saturated rings. The Morgan fingerprint density at radius 1 is 0.880 bits per heavy atom. The summed E-state index contributed by atoms with van der Waals surface area (Å²) < 4.78 is 0. The molecule has 3 aromatic rings. The number of hydrogen-bond donors (Lipinski definition) is 2. The summed E-state index contributed by atoms with van der Waals surface area (Å²) in [5, 5.41) is 6.86. The molecule has 0 saturated carbocycles. The van der Waals surface area contributed by atoms with Crippen LogP contribution in [0.15, 0.2) is 54.6 Å². The van der Waals surface area contributed by atoms with Crippen molar-refractivity contribution in [2.75, 3.05) is 10.6 Å². The predicted octanol–water partition coefficient (Wildman–Crippen LogP) is 5.01. The van der Waals surface area contributed by atoms with Crippen LogP contribution in [-0.2, 0) is 13.0 Å². The van der Waals surface area contributed by atoms with Gasteiger partial charge in [0, 0.05) is 18.3 Å². The van der Waals surface area contributed by atoms with Crippen LogP contribution in [0.3, 0.4) is 0 Å².